The van der Waals surface area contributed by atoms with Crippen molar-refractivity contribution in [3.63, 3.8) is 0 Å². The molecule has 2 aromatic rings. The maximum atomic E-state index is 12.8. The standard InChI is InChI=1S/C14H14F3N3O/c1-10-6-8-20(19-10)9-7-13(21)18-12-5-3-2-4-11(12)14(15,16)17/h2-6,8H,7,9H2,1H3,(H,18,21). The summed E-state index contributed by atoms with van der Waals surface area (Å²) < 4.78 is 39.9. The van der Waals surface area contributed by atoms with Gasteiger partial charge in [-0.1, -0.05) is 12.1 Å². The first kappa shape index (κ1) is 15.1. The molecule has 0 saturated heterocycles. The van der Waals surface area contributed by atoms with E-state index < -0.39 is 17.6 Å². The Hall–Kier alpha value is -2.31. The molecular formula is C14H14F3N3O. The van der Waals surface area contributed by atoms with E-state index in [1.807, 2.05) is 6.92 Å². The number of hydrogen-bond donors (Lipinski definition) is 1. The lowest BCUT2D eigenvalue weighted by atomic mass is 10.1. The van der Waals surface area contributed by atoms with Gasteiger partial charge in [-0.25, -0.2) is 0 Å². The number of alkyl halides is 3. The lowest BCUT2D eigenvalue weighted by Crippen LogP contribution is -2.18. The minimum Gasteiger partial charge on any atom is -0.325 e. The summed E-state index contributed by atoms with van der Waals surface area (Å²) in [6.45, 7) is 2.13. The van der Waals surface area contributed by atoms with Crippen molar-refractivity contribution in [3.05, 3.63) is 47.8 Å². The number of nitrogens with zero attached hydrogens (tertiary/aromatic N) is 2. The third-order valence-corrected chi connectivity index (χ3v) is 2.85. The van der Waals surface area contributed by atoms with Gasteiger partial charge >= 0.3 is 6.18 Å². The quantitative estimate of drug-likeness (QED) is 0.941. The van der Waals surface area contributed by atoms with Crippen LogP contribution in [0.15, 0.2) is 36.5 Å². The monoisotopic (exact) mass is 297 g/mol. The van der Waals surface area contributed by atoms with E-state index in [0.29, 0.717) is 6.54 Å². The van der Waals surface area contributed by atoms with Crippen molar-refractivity contribution in [2.24, 2.45) is 0 Å². The van der Waals surface area contributed by atoms with E-state index in [1.165, 1.54) is 18.2 Å². The summed E-state index contributed by atoms with van der Waals surface area (Å²) in [7, 11) is 0. The van der Waals surface area contributed by atoms with E-state index in [1.54, 1.807) is 16.9 Å². The van der Waals surface area contributed by atoms with Crippen LogP contribution in [-0.2, 0) is 17.5 Å². The molecule has 0 radical (unpaired) electrons. The van der Waals surface area contributed by atoms with Crippen molar-refractivity contribution in [1.82, 2.24) is 9.78 Å². The molecule has 1 aromatic heterocycles. The second kappa shape index (κ2) is 5.99. The van der Waals surface area contributed by atoms with Gasteiger partial charge in [0.1, 0.15) is 0 Å². The van der Waals surface area contributed by atoms with Gasteiger partial charge in [0.15, 0.2) is 0 Å². The van der Waals surface area contributed by atoms with Gasteiger partial charge in [-0.05, 0) is 25.1 Å². The molecule has 1 N–H and O–H groups in total. The molecule has 1 aromatic carbocycles. The number of amides is 1. The fraction of sp³-hybridized carbons (Fsp3) is 0.286. The molecule has 0 fully saturated rings. The van der Waals surface area contributed by atoms with Crippen molar-refractivity contribution in [3.8, 4) is 0 Å². The third-order valence-electron chi connectivity index (χ3n) is 2.85. The number of carbonyl (C=O) groups excluding carboxylic acids is 1. The van der Waals surface area contributed by atoms with Gasteiger partial charge in [-0.2, -0.15) is 18.3 Å². The fourth-order valence-electron chi connectivity index (χ4n) is 1.86. The molecule has 0 aliphatic heterocycles. The molecule has 4 nitrogen and oxygen atoms in total. The largest absolute Gasteiger partial charge is 0.418 e. The summed E-state index contributed by atoms with van der Waals surface area (Å²) in [6, 6.07) is 6.69. The van der Waals surface area contributed by atoms with Gasteiger partial charge in [-0.15, -0.1) is 0 Å². The predicted molar refractivity (Wildman–Crippen MR) is 71.7 cm³/mol. The minimum absolute atomic E-state index is 0.0489. The van der Waals surface area contributed by atoms with Crippen LogP contribution in [0.5, 0.6) is 0 Å². The molecule has 1 amide bonds. The van der Waals surface area contributed by atoms with Crippen molar-refractivity contribution < 1.29 is 18.0 Å². The number of hydrogen-bond acceptors (Lipinski definition) is 2. The molecule has 0 spiro atoms. The molecule has 1 heterocycles. The number of rotatable bonds is 4. The molecule has 21 heavy (non-hydrogen) atoms. The number of carbonyl (C=O) groups is 1. The SMILES string of the molecule is Cc1ccn(CCC(=O)Nc2ccccc2C(F)(F)F)n1. The van der Waals surface area contributed by atoms with Crippen molar-refractivity contribution >= 4 is 11.6 Å². The highest BCUT2D eigenvalue weighted by Gasteiger charge is 2.33. The van der Waals surface area contributed by atoms with Gasteiger partial charge in [0.25, 0.3) is 0 Å². The first-order chi connectivity index (χ1) is 9.86. The van der Waals surface area contributed by atoms with Crippen molar-refractivity contribution in [2.45, 2.75) is 26.1 Å². The van der Waals surface area contributed by atoms with Crippen molar-refractivity contribution in [2.75, 3.05) is 5.32 Å². The van der Waals surface area contributed by atoms with Gasteiger partial charge in [0.05, 0.1) is 16.9 Å². The molecule has 0 saturated carbocycles. The first-order valence-electron chi connectivity index (χ1n) is 6.32. The Balaban J connectivity index is 2.00. The maximum Gasteiger partial charge on any atom is 0.418 e. The highest BCUT2D eigenvalue weighted by atomic mass is 19.4. The Kier molecular flexibility index (Phi) is 4.30. The Morgan fingerprint density at radius 1 is 1.29 bits per heavy atom. The normalized spacial score (nSPS) is 11.4. The maximum absolute atomic E-state index is 12.8. The summed E-state index contributed by atoms with van der Waals surface area (Å²) in [5, 5.41) is 6.40. The zero-order valence-electron chi connectivity index (χ0n) is 11.3. The van der Waals surface area contributed by atoms with E-state index in [2.05, 4.69) is 10.4 Å². The van der Waals surface area contributed by atoms with Crippen LogP contribution in [0.3, 0.4) is 0 Å². The lowest BCUT2D eigenvalue weighted by Gasteiger charge is -2.13. The predicted octanol–water partition coefficient (Wildman–Crippen LogP) is 3.24. The zero-order valence-corrected chi connectivity index (χ0v) is 11.3. The van der Waals surface area contributed by atoms with E-state index >= 15 is 0 Å². The van der Waals surface area contributed by atoms with Crippen LogP contribution in [0.1, 0.15) is 17.7 Å². The Morgan fingerprint density at radius 2 is 2.00 bits per heavy atom. The van der Waals surface area contributed by atoms with Crippen LogP contribution in [0.2, 0.25) is 0 Å². The van der Waals surface area contributed by atoms with Crippen LogP contribution in [0.25, 0.3) is 0 Å². The molecule has 0 unspecified atom stereocenters. The molecule has 0 aliphatic carbocycles. The molecule has 0 bridgehead atoms. The molecule has 0 atom stereocenters. The average Bonchev–Trinajstić information content (AvgIpc) is 2.82. The number of aromatic nitrogens is 2. The van der Waals surface area contributed by atoms with Crippen LogP contribution in [-0.4, -0.2) is 15.7 Å². The van der Waals surface area contributed by atoms with Crippen LogP contribution >= 0.6 is 0 Å². The van der Waals surface area contributed by atoms with Crippen LogP contribution in [0, 0.1) is 6.92 Å². The van der Waals surface area contributed by atoms with Gasteiger partial charge < -0.3 is 5.32 Å². The summed E-state index contributed by atoms with van der Waals surface area (Å²) in [5.41, 5.74) is -0.266. The fourth-order valence-corrected chi connectivity index (χ4v) is 1.86. The molecular weight excluding hydrogens is 283 g/mol. The molecule has 0 aliphatic rings. The summed E-state index contributed by atoms with van der Waals surface area (Å²) >= 11 is 0. The smallest absolute Gasteiger partial charge is 0.325 e. The Labute approximate surface area is 119 Å². The number of halogens is 3. The lowest BCUT2D eigenvalue weighted by molar-refractivity contribution is -0.137. The van der Waals surface area contributed by atoms with Crippen LogP contribution < -0.4 is 5.32 Å². The molecule has 7 heteroatoms. The summed E-state index contributed by atoms with van der Waals surface area (Å²) in [4.78, 5) is 11.8. The summed E-state index contributed by atoms with van der Waals surface area (Å²) in [6.07, 6.45) is -2.73. The minimum atomic E-state index is -4.50. The first-order valence-corrected chi connectivity index (χ1v) is 6.32. The van der Waals surface area contributed by atoms with Gasteiger partial charge in [0, 0.05) is 19.2 Å². The molecule has 2 rings (SSSR count). The van der Waals surface area contributed by atoms with E-state index in [-0.39, 0.29) is 12.1 Å². The van der Waals surface area contributed by atoms with Crippen molar-refractivity contribution in [1.29, 1.82) is 0 Å². The number of para-hydroxylation sites is 1. The number of anilines is 1. The Morgan fingerprint density at radius 3 is 2.62 bits per heavy atom. The van der Waals surface area contributed by atoms with Crippen LogP contribution in [0.4, 0.5) is 18.9 Å². The zero-order chi connectivity index (χ0) is 15.5. The topological polar surface area (TPSA) is 46.9 Å². The highest BCUT2D eigenvalue weighted by Crippen LogP contribution is 2.34. The van der Waals surface area contributed by atoms with Gasteiger partial charge in [0.2, 0.25) is 5.91 Å². The van der Waals surface area contributed by atoms with Gasteiger partial charge in [-0.3, -0.25) is 9.48 Å². The number of nitrogens with one attached hydrogen (secondary N) is 1. The number of benzene rings is 1. The van der Waals surface area contributed by atoms with E-state index in [0.717, 1.165) is 11.8 Å². The van der Waals surface area contributed by atoms with E-state index in [9.17, 15) is 18.0 Å². The highest BCUT2D eigenvalue weighted by molar-refractivity contribution is 5.91. The average molecular weight is 297 g/mol. The Bertz CT molecular complexity index is 634. The molecule has 112 valence electrons. The van der Waals surface area contributed by atoms with E-state index in [4.69, 9.17) is 0 Å². The second-order valence-corrected chi connectivity index (χ2v) is 4.56. The number of aryl methyl sites for hydroxylation is 2. The third kappa shape index (κ3) is 4.08. The summed E-state index contributed by atoms with van der Waals surface area (Å²) in [5.74, 6) is -0.486. The second-order valence-electron chi connectivity index (χ2n) is 4.56.